The van der Waals surface area contributed by atoms with Crippen LogP contribution >= 0.6 is 0 Å². The van der Waals surface area contributed by atoms with Gasteiger partial charge in [-0.2, -0.15) is 0 Å². The third-order valence-electron chi connectivity index (χ3n) is 3.12. The van der Waals surface area contributed by atoms with E-state index in [2.05, 4.69) is 15.5 Å². The zero-order valence-electron chi connectivity index (χ0n) is 11.5. The molecule has 0 radical (unpaired) electrons. The summed E-state index contributed by atoms with van der Waals surface area (Å²) in [4.78, 5) is 12.0. The number of rotatable bonds is 4. The van der Waals surface area contributed by atoms with Gasteiger partial charge in [-0.15, -0.1) is 10.2 Å². The summed E-state index contributed by atoms with van der Waals surface area (Å²) in [6, 6.07) is 9.12. The predicted molar refractivity (Wildman–Crippen MR) is 77.8 cm³/mol. The molecule has 1 aromatic carbocycles. The van der Waals surface area contributed by atoms with Crippen molar-refractivity contribution in [1.82, 2.24) is 14.8 Å². The molecule has 6 heteroatoms. The van der Waals surface area contributed by atoms with Gasteiger partial charge in [0.25, 0.3) is 5.91 Å². The summed E-state index contributed by atoms with van der Waals surface area (Å²) in [6.07, 6.45) is 4.56. The Balaban J connectivity index is 1.85. The molecule has 2 aromatic heterocycles. The van der Waals surface area contributed by atoms with E-state index in [1.54, 1.807) is 12.4 Å². The predicted octanol–water partition coefficient (Wildman–Crippen LogP) is 2.81. The fourth-order valence-corrected chi connectivity index (χ4v) is 2.04. The summed E-state index contributed by atoms with van der Waals surface area (Å²) in [5.74, 6) is 0.565. The Morgan fingerprint density at radius 3 is 3.05 bits per heavy atom. The van der Waals surface area contributed by atoms with Crippen LogP contribution in [0.3, 0.4) is 0 Å². The zero-order chi connectivity index (χ0) is 14.7. The van der Waals surface area contributed by atoms with Gasteiger partial charge in [-0.05, 0) is 25.1 Å². The molecular weight excluding hydrogens is 268 g/mol. The Morgan fingerprint density at radius 2 is 2.29 bits per heavy atom. The van der Waals surface area contributed by atoms with Crippen LogP contribution in [0.2, 0.25) is 0 Å². The Morgan fingerprint density at radius 1 is 1.38 bits per heavy atom. The maximum atomic E-state index is 12.0. The lowest BCUT2D eigenvalue weighted by Gasteiger charge is -2.07. The minimum Gasteiger partial charge on any atom is -0.472 e. The number of nitrogens with zero attached hydrogens (tertiary/aromatic N) is 3. The van der Waals surface area contributed by atoms with Crippen molar-refractivity contribution in [2.24, 2.45) is 0 Å². The maximum Gasteiger partial charge on any atom is 0.258 e. The van der Waals surface area contributed by atoms with E-state index >= 15 is 0 Å². The summed E-state index contributed by atoms with van der Waals surface area (Å²) in [5.41, 5.74) is 2.08. The van der Waals surface area contributed by atoms with Crippen molar-refractivity contribution in [3.05, 3.63) is 54.7 Å². The summed E-state index contributed by atoms with van der Waals surface area (Å²) >= 11 is 0. The van der Waals surface area contributed by atoms with Gasteiger partial charge in [-0.1, -0.05) is 12.1 Å². The van der Waals surface area contributed by atoms with Crippen molar-refractivity contribution >= 4 is 11.6 Å². The van der Waals surface area contributed by atoms with E-state index in [-0.39, 0.29) is 5.91 Å². The smallest absolute Gasteiger partial charge is 0.258 e. The lowest BCUT2D eigenvalue weighted by Crippen LogP contribution is -2.10. The van der Waals surface area contributed by atoms with Crippen LogP contribution in [-0.4, -0.2) is 20.7 Å². The normalized spacial score (nSPS) is 10.5. The van der Waals surface area contributed by atoms with E-state index in [0.717, 1.165) is 17.9 Å². The minimum absolute atomic E-state index is 0.210. The second-order valence-electron chi connectivity index (χ2n) is 4.49. The Labute approximate surface area is 121 Å². The van der Waals surface area contributed by atoms with Gasteiger partial charge in [0.15, 0.2) is 5.82 Å². The van der Waals surface area contributed by atoms with E-state index in [4.69, 9.17) is 4.42 Å². The summed E-state index contributed by atoms with van der Waals surface area (Å²) in [6.45, 7) is 2.81. The number of hydrogen-bond donors (Lipinski definition) is 1. The Bertz CT molecular complexity index is 747. The highest BCUT2D eigenvalue weighted by Crippen LogP contribution is 2.21. The number of aromatic nitrogens is 3. The molecule has 1 amide bonds. The molecule has 0 spiro atoms. The number of carbonyl (C=O) groups is 1. The van der Waals surface area contributed by atoms with Gasteiger partial charge in [0, 0.05) is 17.8 Å². The molecular formula is C15H14N4O2. The Hall–Kier alpha value is -2.89. The molecule has 106 valence electrons. The van der Waals surface area contributed by atoms with E-state index < -0.39 is 0 Å². The highest BCUT2D eigenvalue weighted by Gasteiger charge is 2.10. The third-order valence-corrected chi connectivity index (χ3v) is 3.12. The number of aryl methyl sites for hydroxylation is 1. The summed E-state index contributed by atoms with van der Waals surface area (Å²) in [5, 5.41) is 10.9. The fourth-order valence-electron chi connectivity index (χ4n) is 2.04. The van der Waals surface area contributed by atoms with Crippen molar-refractivity contribution < 1.29 is 9.21 Å². The van der Waals surface area contributed by atoms with Gasteiger partial charge in [0.05, 0.1) is 11.8 Å². The van der Waals surface area contributed by atoms with Crippen LogP contribution in [0.15, 0.2) is 53.6 Å². The van der Waals surface area contributed by atoms with Crippen LogP contribution in [-0.2, 0) is 6.54 Å². The van der Waals surface area contributed by atoms with Crippen molar-refractivity contribution in [3.63, 3.8) is 0 Å². The van der Waals surface area contributed by atoms with Crippen molar-refractivity contribution in [2.75, 3.05) is 5.32 Å². The van der Waals surface area contributed by atoms with Crippen molar-refractivity contribution in [2.45, 2.75) is 13.5 Å². The quantitative estimate of drug-likeness (QED) is 0.798. The average Bonchev–Trinajstić information content (AvgIpc) is 3.18. The number of furan rings is 1. The molecule has 0 unspecified atom stereocenters. The summed E-state index contributed by atoms with van der Waals surface area (Å²) < 4.78 is 6.85. The molecule has 0 atom stereocenters. The number of carbonyl (C=O) groups excluding carboxylic acids is 1. The molecule has 0 fully saturated rings. The van der Waals surface area contributed by atoms with Crippen LogP contribution in [0.1, 0.15) is 17.3 Å². The first kappa shape index (κ1) is 13.1. The standard InChI is InChI=1S/C15H14N4O2/c1-2-19-10-16-18-14(19)11-4-3-5-13(8-11)17-15(20)12-6-7-21-9-12/h3-10H,2H2,1H3,(H,17,20). The van der Waals surface area contributed by atoms with Gasteiger partial charge >= 0.3 is 0 Å². The van der Waals surface area contributed by atoms with E-state index in [9.17, 15) is 4.79 Å². The molecule has 0 bridgehead atoms. The van der Waals surface area contributed by atoms with E-state index in [1.807, 2.05) is 35.8 Å². The molecule has 3 rings (SSSR count). The largest absolute Gasteiger partial charge is 0.472 e. The molecule has 1 N–H and O–H groups in total. The molecule has 0 aliphatic rings. The molecule has 0 aliphatic heterocycles. The number of anilines is 1. The van der Waals surface area contributed by atoms with Crippen molar-refractivity contribution in [3.8, 4) is 11.4 Å². The zero-order valence-corrected chi connectivity index (χ0v) is 11.5. The molecule has 21 heavy (non-hydrogen) atoms. The monoisotopic (exact) mass is 282 g/mol. The highest BCUT2D eigenvalue weighted by molar-refractivity contribution is 6.04. The third kappa shape index (κ3) is 2.69. The lowest BCUT2D eigenvalue weighted by atomic mass is 10.2. The van der Waals surface area contributed by atoms with E-state index in [1.165, 1.54) is 12.5 Å². The van der Waals surface area contributed by atoms with E-state index in [0.29, 0.717) is 11.3 Å². The molecule has 3 aromatic rings. The fraction of sp³-hybridized carbons (Fsp3) is 0.133. The van der Waals surface area contributed by atoms with Crippen molar-refractivity contribution in [1.29, 1.82) is 0 Å². The van der Waals surface area contributed by atoms with Gasteiger partial charge in [-0.3, -0.25) is 4.79 Å². The molecule has 2 heterocycles. The first-order chi connectivity index (χ1) is 10.3. The molecule has 0 saturated carbocycles. The number of nitrogens with one attached hydrogen (secondary N) is 1. The average molecular weight is 282 g/mol. The number of hydrogen-bond acceptors (Lipinski definition) is 4. The maximum absolute atomic E-state index is 12.0. The van der Waals surface area contributed by atoms with Crippen LogP contribution < -0.4 is 5.32 Å². The minimum atomic E-state index is -0.210. The van der Waals surface area contributed by atoms with Gasteiger partial charge in [0.2, 0.25) is 0 Å². The first-order valence-electron chi connectivity index (χ1n) is 6.59. The molecule has 0 saturated heterocycles. The summed E-state index contributed by atoms with van der Waals surface area (Å²) in [7, 11) is 0. The number of amides is 1. The molecule has 6 nitrogen and oxygen atoms in total. The first-order valence-corrected chi connectivity index (χ1v) is 6.59. The van der Waals surface area contributed by atoms with Gasteiger partial charge < -0.3 is 14.3 Å². The lowest BCUT2D eigenvalue weighted by molar-refractivity contribution is 0.102. The Kier molecular flexibility index (Phi) is 3.51. The second-order valence-corrected chi connectivity index (χ2v) is 4.49. The van der Waals surface area contributed by atoms with Crippen LogP contribution in [0.4, 0.5) is 5.69 Å². The van der Waals surface area contributed by atoms with Crippen LogP contribution in [0, 0.1) is 0 Å². The second kappa shape index (κ2) is 5.62. The SMILES string of the molecule is CCn1cnnc1-c1cccc(NC(=O)c2ccoc2)c1. The topological polar surface area (TPSA) is 73.0 Å². The number of benzene rings is 1. The molecule has 0 aliphatic carbocycles. The van der Waals surface area contributed by atoms with Crippen LogP contribution in [0.5, 0.6) is 0 Å². The van der Waals surface area contributed by atoms with Gasteiger partial charge in [-0.25, -0.2) is 0 Å². The van der Waals surface area contributed by atoms with Crippen LogP contribution in [0.25, 0.3) is 11.4 Å². The van der Waals surface area contributed by atoms with Gasteiger partial charge in [0.1, 0.15) is 12.6 Å². The highest BCUT2D eigenvalue weighted by atomic mass is 16.3.